The van der Waals surface area contributed by atoms with Gasteiger partial charge in [-0.3, -0.25) is 4.98 Å². The average Bonchev–Trinajstić information content (AvgIpc) is 2.35. The van der Waals surface area contributed by atoms with E-state index in [-0.39, 0.29) is 6.10 Å². The van der Waals surface area contributed by atoms with Crippen LogP contribution in [0.2, 0.25) is 0 Å². The summed E-state index contributed by atoms with van der Waals surface area (Å²) in [7, 11) is 3.81. The lowest BCUT2D eigenvalue weighted by Gasteiger charge is -2.26. The second-order valence-electron chi connectivity index (χ2n) is 4.84. The lowest BCUT2D eigenvalue weighted by Crippen LogP contribution is -2.38. The van der Waals surface area contributed by atoms with E-state index in [0.717, 1.165) is 18.0 Å². The number of aromatic nitrogens is 1. The van der Waals surface area contributed by atoms with Gasteiger partial charge < -0.3 is 14.4 Å². The standard InChI is InChI=1S/C14H24N2O2/c1-11(2)16(4)9-14(17-5)10-18-13-7-6-12(3)15-8-13/h6-8,11,14H,9-10H2,1-5H3. The monoisotopic (exact) mass is 252 g/mol. The van der Waals surface area contributed by atoms with Crippen LogP contribution in [-0.4, -0.2) is 49.3 Å². The van der Waals surface area contributed by atoms with Crippen molar-refractivity contribution >= 4 is 0 Å². The van der Waals surface area contributed by atoms with E-state index >= 15 is 0 Å². The zero-order chi connectivity index (χ0) is 13.5. The van der Waals surface area contributed by atoms with Crippen LogP contribution >= 0.6 is 0 Å². The Labute approximate surface area is 110 Å². The summed E-state index contributed by atoms with van der Waals surface area (Å²) in [6.45, 7) is 7.68. The summed E-state index contributed by atoms with van der Waals surface area (Å²) in [6.07, 6.45) is 1.81. The molecule has 1 aromatic heterocycles. The Balaban J connectivity index is 2.41. The molecule has 0 aliphatic carbocycles. The molecule has 4 heteroatoms. The summed E-state index contributed by atoms with van der Waals surface area (Å²) in [5, 5.41) is 0. The van der Waals surface area contributed by atoms with Crippen LogP contribution < -0.4 is 4.74 Å². The summed E-state index contributed by atoms with van der Waals surface area (Å²) in [5.74, 6) is 0.787. The van der Waals surface area contributed by atoms with Crippen LogP contribution in [0.5, 0.6) is 5.75 Å². The van der Waals surface area contributed by atoms with Gasteiger partial charge in [0.1, 0.15) is 18.5 Å². The molecule has 0 bridgehead atoms. The molecular weight excluding hydrogens is 228 g/mol. The Bertz CT molecular complexity index is 338. The van der Waals surface area contributed by atoms with E-state index in [0.29, 0.717) is 12.6 Å². The minimum absolute atomic E-state index is 0.0682. The van der Waals surface area contributed by atoms with Gasteiger partial charge in [-0.2, -0.15) is 0 Å². The van der Waals surface area contributed by atoms with Gasteiger partial charge in [-0.15, -0.1) is 0 Å². The van der Waals surface area contributed by atoms with Crippen LogP contribution in [0.15, 0.2) is 18.3 Å². The number of pyridine rings is 1. The quantitative estimate of drug-likeness (QED) is 0.744. The first kappa shape index (κ1) is 14.9. The SMILES string of the molecule is COC(COc1ccc(C)nc1)CN(C)C(C)C. The fourth-order valence-corrected chi connectivity index (χ4v) is 1.46. The molecule has 4 nitrogen and oxygen atoms in total. The van der Waals surface area contributed by atoms with Crippen LogP contribution in [0.1, 0.15) is 19.5 Å². The highest BCUT2D eigenvalue weighted by Crippen LogP contribution is 2.10. The van der Waals surface area contributed by atoms with Gasteiger partial charge >= 0.3 is 0 Å². The predicted molar refractivity (Wildman–Crippen MR) is 73.0 cm³/mol. The molecule has 0 amide bonds. The van der Waals surface area contributed by atoms with E-state index in [1.54, 1.807) is 13.3 Å². The predicted octanol–water partition coefficient (Wildman–Crippen LogP) is 2.12. The molecule has 0 aliphatic rings. The normalized spacial score (nSPS) is 13.1. The molecule has 1 unspecified atom stereocenters. The van der Waals surface area contributed by atoms with Crippen molar-refractivity contribution in [2.45, 2.75) is 32.9 Å². The fraction of sp³-hybridized carbons (Fsp3) is 0.643. The maximum absolute atomic E-state index is 5.68. The highest BCUT2D eigenvalue weighted by Gasteiger charge is 2.13. The number of hydrogen-bond acceptors (Lipinski definition) is 4. The number of aryl methyl sites for hydroxylation is 1. The second kappa shape index (κ2) is 7.34. The third-order valence-electron chi connectivity index (χ3n) is 3.03. The minimum atomic E-state index is 0.0682. The molecule has 0 aliphatic heterocycles. The molecule has 102 valence electrons. The largest absolute Gasteiger partial charge is 0.489 e. The van der Waals surface area contributed by atoms with Gasteiger partial charge in [-0.25, -0.2) is 0 Å². The first-order valence-corrected chi connectivity index (χ1v) is 6.31. The maximum Gasteiger partial charge on any atom is 0.137 e. The third-order valence-corrected chi connectivity index (χ3v) is 3.03. The Kier molecular flexibility index (Phi) is 6.09. The number of hydrogen-bond donors (Lipinski definition) is 0. The van der Waals surface area contributed by atoms with Crippen molar-refractivity contribution in [3.05, 3.63) is 24.0 Å². The zero-order valence-corrected chi connectivity index (χ0v) is 12.0. The van der Waals surface area contributed by atoms with Crippen molar-refractivity contribution in [3.8, 4) is 5.75 Å². The Morgan fingerprint density at radius 2 is 2.06 bits per heavy atom. The van der Waals surface area contributed by atoms with Gasteiger partial charge in [0.2, 0.25) is 0 Å². The van der Waals surface area contributed by atoms with Crippen LogP contribution in [0, 0.1) is 6.92 Å². The number of ether oxygens (including phenoxy) is 2. The lowest BCUT2D eigenvalue weighted by atomic mass is 10.3. The molecule has 1 aromatic rings. The van der Waals surface area contributed by atoms with E-state index in [9.17, 15) is 0 Å². The van der Waals surface area contributed by atoms with E-state index in [1.807, 2.05) is 19.1 Å². The van der Waals surface area contributed by atoms with Crippen LogP contribution in [0.3, 0.4) is 0 Å². The summed E-state index contributed by atoms with van der Waals surface area (Å²) in [5.41, 5.74) is 0.991. The molecule has 0 saturated heterocycles. The van der Waals surface area contributed by atoms with Gasteiger partial charge in [0.25, 0.3) is 0 Å². The van der Waals surface area contributed by atoms with Gasteiger partial charge in [0.05, 0.1) is 6.20 Å². The lowest BCUT2D eigenvalue weighted by molar-refractivity contribution is 0.0290. The highest BCUT2D eigenvalue weighted by molar-refractivity contribution is 5.19. The van der Waals surface area contributed by atoms with E-state index < -0.39 is 0 Å². The van der Waals surface area contributed by atoms with Gasteiger partial charge in [0, 0.05) is 25.4 Å². The number of likely N-dealkylation sites (N-methyl/N-ethyl adjacent to an activating group) is 1. The van der Waals surface area contributed by atoms with Crippen LogP contribution in [-0.2, 0) is 4.74 Å². The van der Waals surface area contributed by atoms with E-state index in [4.69, 9.17) is 9.47 Å². The first-order valence-electron chi connectivity index (χ1n) is 6.31. The van der Waals surface area contributed by atoms with Crippen LogP contribution in [0.25, 0.3) is 0 Å². The van der Waals surface area contributed by atoms with Gasteiger partial charge in [0.15, 0.2) is 0 Å². The van der Waals surface area contributed by atoms with Crippen molar-refractivity contribution in [2.75, 3.05) is 27.3 Å². The molecule has 0 fully saturated rings. The molecule has 0 saturated carbocycles. The molecule has 0 spiro atoms. The Morgan fingerprint density at radius 3 is 2.56 bits per heavy atom. The van der Waals surface area contributed by atoms with E-state index in [2.05, 4.69) is 30.8 Å². The number of nitrogens with zero attached hydrogens (tertiary/aromatic N) is 2. The van der Waals surface area contributed by atoms with Crippen molar-refractivity contribution < 1.29 is 9.47 Å². The van der Waals surface area contributed by atoms with Crippen LogP contribution in [0.4, 0.5) is 0 Å². The number of rotatable bonds is 7. The molecule has 0 aromatic carbocycles. The summed E-state index contributed by atoms with van der Waals surface area (Å²) in [6, 6.07) is 4.38. The molecule has 0 radical (unpaired) electrons. The first-order chi connectivity index (χ1) is 8.52. The Morgan fingerprint density at radius 1 is 1.33 bits per heavy atom. The Hall–Kier alpha value is -1.13. The highest BCUT2D eigenvalue weighted by atomic mass is 16.5. The average molecular weight is 252 g/mol. The van der Waals surface area contributed by atoms with E-state index in [1.165, 1.54) is 0 Å². The zero-order valence-electron chi connectivity index (χ0n) is 12.0. The summed E-state index contributed by atoms with van der Waals surface area (Å²) in [4.78, 5) is 6.44. The molecular formula is C14H24N2O2. The van der Waals surface area contributed by atoms with Crippen molar-refractivity contribution in [1.29, 1.82) is 0 Å². The van der Waals surface area contributed by atoms with Crippen molar-refractivity contribution in [2.24, 2.45) is 0 Å². The second-order valence-corrected chi connectivity index (χ2v) is 4.84. The summed E-state index contributed by atoms with van der Waals surface area (Å²) < 4.78 is 11.1. The van der Waals surface area contributed by atoms with Gasteiger partial charge in [-0.05, 0) is 40.0 Å². The molecule has 0 N–H and O–H groups in total. The van der Waals surface area contributed by atoms with Crippen molar-refractivity contribution in [1.82, 2.24) is 9.88 Å². The van der Waals surface area contributed by atoms with Crippen molar-refractivity contribution in [3.63, 3.8) is 0 Å². The fourth-order valence-electron chi connectivity index (χ4n) is 1.46. The molecule has 1 atom stereocenters. The molecule has 1 heterocycles. The topological polar surface area (TPSA) is 34.6 Å². The number of methoxy groups -OCH3 is 1. The molecule has 18 heavy (non-hydrogen) atoms. The molecule has 1 rings (SSSR count). The smallest absolute Gasteiger partial charge is 0.137 e. The summed E-state index contributed by atoms with van der Waals surface area (Å²) >= 11 is 0. The van der Waals surface area contributed by atoms with Gasteiger partial charge in [-0.1, -0.05) is 0 Å². The minimum Gasteiger partial charge on any atom is -0.489 e. The maximum atomic E-state index is 5.68. The third kappa shape index (κ3) is 5.02.